The Kier molecular flexibility index (Phi) is 1.91. The molecule has 0 nitrogen and oxygen atoms in total. The van der Waals surface area contributed by atoms with Crippen molar-refractivity contribution in [2.45, 2.75) is 39.0 Å². The highest BCUT2D eigenvalue weighted by atomic mass is 35.5. The van der Waals surface area contributed by atoms with Gasteiger partial charge in [-0.05, 0) is 42.9 Å². The Morgan fingerprint density at radius 1 is 1.36 bits per heavy atom. The van der Waals surface area contributed by atoms with Crippen LogP contribution < -0.4 is 0 Å². The van der Waals surface area contributed by atoms with Crippen LogP contribution in [0.25, 0.3) is 0 Å². The maximum absolute atomic E-state index is 6.03. The van der Waals surface area contributed by atoms with Gasteiger partial charge < -0.3 is 0 Å². The third-order valence-corrected chi connectivity index (χ3v) is 4.28. The zero-order valence-electron chi connectivity index (χ0n) is 7.28. The van der Waals surface area contributed by atoms with E-state index in [1.54, 1.807) is 0 Å². The van der Waals surface area contributed by atoms with E-state index in [9.17, 15) is 0 Å². The molecule has 11 heavy (non-hydrogen) atoms. The topological polar surface area (TPSA) is 0 Å². The smallest absolute Gasteiger partial charge is 0.0282 e. The fraction of sp³-hybridized carbons (Fsp3) is 1.00. The van der Waals surface area contributed by atoms with Gasteiger partial charge >= 0.3 is 0 Å². The average Bonchev–Trinajstić information content (AvgIpc) is 1.79. The van der Waals surface area contributed by atoms with Crippen molar-refractivity contribution in [1.82, 2.24) is 0 Å². The van der Waals surface area contributed by atoms with Crippen LogP contribution in [0, 0.1) is 17.3 Å². The average molecular weight is 173 g/mol. The molecule has 2 fully saturated rings. The molecule has 0 heterocycles. The quantitative estimate of drug-likeness (QED) is 0.560. The van der Waals surface area contributed by atoms with Crippen LogP contribution in [0.1, 0.15) is 39.0 Å². The molecule has 0 spiro atoms. The molecule has 0 aromatic rings. The van der Waals surface area contributed by atoms with Crippen molar-refractivity contribution >= 4 is 11.6 Å². The van der Waals surface area contributed by atoms with Crippen LogP contribution in [-0.4, -0.2) is 5.88 Å². The van der Waals surface area contributed by atoms with Crippen LogP contribution in [0.15, 0.2) is 0 Å². The molecule has 2 rings (SSSR count). The fourth-order valence-electron chi connectivity index (χ4n) is 2.90. The van der Waals surface area contributed by atoms with Gasteiger partial charge in [-0.3, -0.25) is 0 Å². The lowest BCUT2D eigenvalue weighted by Gasteiger charge is -2.54. The number of hydrogen-bond donors (Lipinski definition) is 0. The second-order valence-corrected chi connectivity index (χ2v) is 4.90. The Bertz CT molecular complexity index is 143. The third kappa shape index (κ3) is 1.11. The molecular formula is C10H17Cl. The molecule has 0 amide bonds. The summed E-state index contributed by atoms with van der Waals surface area (Å²) >= 11 is 6.03. The second kappa shape index (κ2) is 2.65. The van der Waals surface area contributed by atoms with Gasteiger partial charge in [0.15, 0.2) is 0 Å². The molecule has 0 radical (unpaired) electrons. The first-order chi connectivity index (χ1) is 5.27. The molecule has 2 saturated carbocycles. The van der Waals surface area contributed by atoms with Gasteiger partial charge in [-0.2, -0.15) is 0 Å². The van der Waals surface area contributed by atoms with Crippen LogP contribution in [-0.2, 0) is 0 Å². The van der Waals surface area contributed by atoms with Gasteiger partial charge in [-0.25, -0.2) is 0 Å². The molecule has 0 atom stereocenters. The monoisotopic (exact) mass is 172 g/mol. The Morgan fingerprint density at radius 2 is 2.00 bits per heavy atom. The lowest BCUT2D eigenvalue weighted by molar-refractivity contribution is -0.0162. The summed E-state index contributed by atoms with van der Waals surface area (Å²) in [5, 5.41) is 0. The number of rotatable bonds is 2. The molecule has 0 aromatic heterocycles. The number of alkyl halides is 1. The van der Waals surface area contributed by atoms with Crippen molar-refractivity contribution in [3.8, 4) is 0 Å². The summed E-state index contributed by atoms with van der Waals surface area (Å²) in [6.45, 7) is 2.35. The largest absolute Gasteiger partial charge is 0.126 e. The number of halogens is 1. The van der Waals surface area contributed by atoms with Crippen molar-refractivity contribution < 1.29 is 0 Å². The maximum atomic E-state index is 6.03. The predicted molar refractivity (Wildman–Crippen MR) is 48.9 cm³/mol. The van der Waals surface area contributed by atoms with Gasteiger partial charge in [0, 0.05) is 5.88 Å². The lowest BCUT2D eigenvalue weighted by atomic mass is 9.53. The zero-order valence-corrected chi connectivity index (χ0v) is 8.03. The normalized spacial score (nSPS) is 44.7. The molecule has 2 aliphatic carbocycles. The molecule has 0 aliphatic heterocycles. The molecule has 2 aliphatic rings. The van der Waals surface area contributed by atoms with Gasteiger partial charge in [-0.1, -0.05) is 13.3 Å². The Balaban J connectivity index is 1.95. The summed E-state index contributed by atoms with van der Waals surface area (Å²) < 4.78 is 0. The van der Waals surface area contributed by atoms with E-state index >= 15 is 0 Å². The van der Waals surface area contributed by atoms with E-state index in [1.165, 1.54) is 32.1 Å². The van der Waals surface area contributed by atoms with Gasteiger partial charge in [0.25, 0.3) is 0 Å². The summed E-state index contributed by atoms with van der Waals surface area (Å²) in [4.78, 5) is 0. The first-order valence-electron chi connectivity index (χ1n) is 4.83. The molecule has 1 heteroatoms. The van der Waals surface area contributed by atoms with Crippen LogP contribution in [0.5, 0.6) is 0 Å². The molecule has 64 valence electrons. The molecular weight excluding hydrogens is 156 g/mol. The van der Waals surface area contributed by atoms with Crippen molar-refractivity contribution in [2.75, 3.05) is 5.88 Å². The Morgan fingerprint density at radius 3 is 2.27 bits per heavy atom. The van der Waals surface area contributed by atoms with Gasteiger partial charge in [-0.15, -0.1) is 11.6 Å². The summed E-state index contributed by atoms with van der Waals surface area (Å²) in [5.41, 5.74) is 0.596. The predicted octanol–water partition coefficient (Wildman–Crippen LogP) is 3.44. The minimum absolute atomic E-state index is 0.596. The van der Waals surface area contributed by atoms with E-state index < -0.39 is 0 Å². The van der Waals surface area contributed by atoms with E-state index in [0.717, 1.165) is 17.7 Å². The highest BCUT2D eigenvalue weighted by Crippen LogP contribution is 2.57. The van der Waals surface area contributed by atoms with Crippen LogP contribution in [0.2, 0.25) is 0 Å². The zero-order chi connectivity index (χ0) is 7.90. The first-order valence-corrected chi connectivity index (χ1v) is 5.36. The molecule has 0 aromatic carbocycles. The van der Waals surface area contributed by atoms with E-state index in [-0.39, 0.29) is 0 Å². The molecule has 0 N–H and O–H groups in total. The summed E-state index contributed by atoms with van der Waals surface area (Å²) in [5.74, 6) is 2.87. The van der Waals surface area contributed by atoms with Gasteiger partial charge in [0.1, 0.15) is 0 Å². The second-order valence-electron chi connectivity index (χ2n) is 4.64. The van der Waals surface area contributed by atoms with E-state index in [1.807, 2.05) is 0 Å². The Labute approximate surface area is 74.3 Å². The van der Waals surface area contributed by atoms with Crippen molar-refractivity contribution in [2.24, 2.45) is 17.3 Å². The molecule has 0 bridgehead atoms. The summed E-state index contributed by atoms with van der Waals surface area (Å²) in [6, 6.07) is 0. The minimum atomic E-state index is 0.596. The summed E-state index contributed by atoms with van der Waals surface area (Å²) in [7, 11) is 0. The van der Waals surface area contributed by atoms with Crippen molar-refractivity contribution in [3.63, 3.8) is 0 Å². The SMILES string of the molecule is CC1CC(CCl)(C2CCC2)C1. The van der Waals surface area contributed by atoms with E-state index in [4.69, 9.17) is 11.6 Å². The standard InChI is InChI=1S/C10H17Cl/c1-8-5-10(6-8,7-11)9-3-2-4-9/h8-9H,2-7H2,1H3. The van der Waals surface area contributed by atoms with Crippen molar-refractivity contribution in [1.29, 1.82) is 0 Å². The fourth-order valence-corrected chi connectivity index (χ4v) is 3.34. The summed E-state index contributed by atoms with van der Waals surface area (Å²) in [6.07, 6.45) is 7.18. The van der Waals surface area contributed by atoms with Gasteiger partial charge in [0.05, 0.1) is 0 Å². The third-order valence-electron chi connectivity index (χ3n) is 3.75. The number of hydrogen-bond acceptors (Lipinski definition) is 0. The Hall–Kier alpha value is 0.290. The first kappa shape index (κ1) is 7.91. The molecule has 0 saturated heterocycles. The molecule has 0 unspecified atom stereocenters. The lowest BCUT2D eigenvalue weighted by Crippen LogP contribution is -2.46. The van der Waals surface area contributed by atoms with E-state index in [0.29, 0.717) is 5.41 Å². The highest BCUT2D eigenvalue weighted by molar-refractivity contribution is 6.18. The van der Waals surface area contributed by atoms with Crippen LogP contribution >= 0.6 is 11.6 Å². The van der Waals surface area contributed by atoms with E-state index in [2.05, 4.69) is 6.92 Å². The van der Waals surface area contributed by atoms with Crippen LogP contribution in [0.4, 0.5) is 0 Å². The highest BCUT2D eigenvalue weighted by Gasteiger charge is 2.48. The van der Waals surface area contributed by atoms with Crippen molar-refractivity contribution in [3.05, 3.63) is 0 Å². The van der Waals surface area contributed by atoms with Crippen LogP contribution in [0.3, 0.4) is 0 Å². The minimum Gasteiger partial charge on any atom is -0.126 e. The maximum Gasteiger partial charge on any atom is 0.0282 e. The van der Waals surface area contributed by atoms with Gasteiger partial charge in [0.2, 0.25) is 0 Å².